The Balaban J connectivity index is 2.04. The van der Waals surface area contributed by atoms with Gasteiger partial charge in [0.15, 0.2) is 0 Å². The topological polar surface area (TPSA) is 12.0 Å². The highest BCUT2D eigenvalue weighted by Gasteiger charge is 2.22. The van der Waals surface area contributed by atoms with Crippen LogP contribution in [0.1, 0.15) is 57.6 Å². The lowest BCUT2D eigenvalue weighted by molar-refractivity contribution is 0.330. The van der Waals surface area contributed by atoms with E-state index in [1.165, 1.54) is 32.1 Å². The Labute approximate surface area is 126 Å². The molecule has 1 aromatic rings. The molecule has 1 aliphatic carbocycles. The number of benzene rings is 1. The summed E-state index contributed by atoms with van der Waals surface area (Å²) in [5.74, 6) is 0.746. The fourth-order valence-electron chi connectivity index (χ4n) is 3.00. The van der Waals surface area contributed by atoms with Gasteiger partial charge in [-0.15, -0.1) is 0 Å². The molecule has 0 aliphatic heterocycles. The van der Waals surface area contributed by atoms with Crippen LogP contribution in [-0.2, 0) is 0 Å². The molecule has 106 valence electrons. The second-order valence-corrected chi connectivity index (χ2v) is 6.62. The second kappa shape index (κ2) is 6.97. The van der Waals surface area contributed by atoms with Crippen molar-refractivity contribution >= 4 is 23.2 Å². The van der Waals surface area contributed by atoms with Crippen LogP contribution in [0, 0.1) is 5.92 Å². The van der Waals surface area contributed by atoms with Gasteiger partial charge in [-0.25, -0.2) is 0 Å². The van der Waals surface area contributed by atoms with E-state index in [0.29, 0.717) is 11.1 Å². The zero-order valence-corrected chi connectivity index (χ0v) is 13.3. The monoisotopic (exact) mass is 299 g/mol. The van der Waals surface area contributed by atoms with E-state index < -0.39 is 0 Å². The molecule has 0 saturated heterocycles. The zero-order chi connectivity index (χ0) is 13.8. The Morgan fingerprint density at radius 2 is 1.89 bits per heavy atom. The maximum Gasteiger partial charge on any atom is 0.0468 e. The third-order valence-corrected chi connectivity index (χ3v) is 4.82. The van der Waals surface area contributed by atoms with Gasteiger partial charge in [0.2, 0.25) is 0 Å². The highest BCUT2D eigenvalue weighted by Crippen LogP contribution is 2.29. The lowest BCUT2D eigenvalue weighted by Gasteiger charge is -2.27. The maximum atomic E-state index is 6.29. The van der Waals surface area contributed by atoms with Crippen molar-refractivity contribution in [2.75, 3.05) is 0 Å². The van der Waals surface area contributed by atoms with Crippen molar-refractivity contribution in [1.29, 1.82) is 0 Å². The number of halogens is 2. The van der Waals surface area contributed by atoms with Crippen LogP contribution in [-0.4, -0.2) is 6.04 Å². The molecule has 0 radical (unpaired) electrons. The highest BCUT2D eigenvalue weighted by molar-refractivity contribution is 6.35. The van der Waals surface area contributed by atoms with E-state index in [-0.39, 0.29) is 6.04 Å². The lowest BCUT2D eigenvalue weighted by atomic mass is 9.95. The van der Waals surface area contributed by atoms with E-state index in [4.69, 9.17) is 23.2 Å². The highest BCUT2D eigenvalue weighted by atomic mass is 35.5. The first kappa shape index (κ1) is 15.2. The Morgan fingerprint density at radius 3 is 2.63 bits per heavy atom. The first-order valence-corrected chi connectivity index (χ1v) is 8.04. The smallest absolute Gasteiger partial charge is 0.0468 e. The van der Waals surface area contributed by atoms with E-state index in [1.54, 1.807) is 0 Å². The molecule has 3 atom stereocenters. The van der Waals surface area contributed by atoms with E-state index in [2.05, 4.69) is 19.2 Å². The summed E-state index contributed by atoms with van der Waals surface area (Å²) < 4.78 is 0. The number of hydrogen-bond donors (Lipinski definition) is 1. The Bertz CT molecular complexity index is 419. The average Bonchev–Trinajstić information content (AvgIpc) is 2.55. The summed E-state index contributed by atoms with van der Waals surface area (Å²) in [6.45, 7) is 4.55. The van der Waals surface area contributed by atoms with E-state index in [9.17, 15) is 0 Å². The molecule has 1 N–H and O–H groups in total. The van der Waals surface area contributed by atoms with Gasteiger partial charge in [-0.2, -0.15) is 0 Å². The summed E-state index contributed by atoms with van der Waals surface area (Å²) in [5.41, 5.74) is 1.14. The standard InChI is InChI=1S/C16H23Cl2N/c1-11-6-4-3-5-7-16(11)19-12(2)14-9-8-13(17)10-15(14)18/h8-12,16,19H,3-7H2,1-2H3. The molecule has 1 aromatic carbocycles. The molecule has 0 aromatic heterocycles. The number of rotatable bonds is 3. The largest absolute Gasteiger partial charge is 0.307 e. The number of nitrogens with one attached hydrogen (secondary N) is 1. The summed E-state index contributed by atoms with van der Waals surface area (Å²) >= 11 is 12.2. The molecule has 1 fully saturated rings. The van der Waals surface area contributed by atoms with Gasteiger partial charge in [0.05, 0.1) is 0 Å². The predicted octanol–water partition coefficient (Wildman–Crippen LogP) is 5.61. The van der Waals surface area contributed by atoms with Crippen molar-refractivity contribution in [3.05, 3.63) is 33.8 Å². The van der Waals surface area contributed by atoms with Gasteiger partial charge in [-0.05, 0) is 43.4 Å². The Kier molecular flexibility index (Phi) is 5.56. The van der Waals surface area contributed by atoms with Gasteiger partial charge in [0.1, 0.15) is 0 Å². The molecule has 19 heavy (non-hydrogen) atoms. The molecule has 1 saturated carbocycles. The summed E-state index contributed by atoms with van der Waals surface area (Å²) in [4.78, 5) is 0. The molecule has 0 amide bonds. The van der Waals surface area contributed by atoms with E-state index in [1.807, 2.05) is 18.2 Å². The van der Waals surface area contributed by atoms with Crippen LogP contribution in [0.3, 0.4) is 0 Å². The molecule has 0 spiro atoms. The van der Waals surface area contributed by atoms with Crippen LogP contribution in [0.25, 0.3) is 0 Å². The molecule has 2 rings (SSSR count). The van der Waals surface area contributed by atoms with Gasteiger partial charge in [0.25, 0.3) is 0 Å². The quantitative estimate of drug-likeness (QED) is 0.715. The van der Waals surface area contributed by atoms with Crippen molar-refractivity contribution in [1.82, 2.24) is 5.32 Å². The molecule has 0 heterocycles. The second-order valence-electron chi connectivity index (χ2n) is 5.78. The normalized spacial score (nSPS) is 25.9. The summed E-state index contributed by atoms with van der Waals surface area (Å²) in [6.07, 6.45) is 6.69. The third kappa shape index (κ3) is 4.11. The first-order valence-electron chi connectivity index (χ1n) is 7.29. The molecular formula is C16H23Cl2N. The minimum atomic E-state index is 0.273. The van der Waals surface area contributed by atoms with Gasteiger partial charge in [-0.1, -0.05) is 55.5 Å². The van der Waals surface area contributed by atoms with Crippen molar-refractivity contribution in [3.8, 4) is 0 Å². The van der Waals surface area contributed by atoms with Crippen molar-refractivity contribution in [2.24, 2.45) is 5.92 Å². The summed E-state index contributed by atoms with van der Waals surface area (Å²) in [7, 11) is 0. The van der Waals surface area contributed by atoms with Crippen LogP contribution in [0.5, 0.6) is 0 Å². The maximum absolute atomic E-state index is 6.29. The van der Waals surface area contributed by atoms with Gasteiger partial charge in [-0.3, -0.25) is 0 Å². The summed E-state index contributed by atoms with van der Waals surface area (Å²) in [6, 6.07) is 6.65. The minimum Gasteiger partial charge on any atom is -0.307 e. The lowest BCUT2D eigenvalue weighted by Crippen LogP contribution is -2.36. The first-order chi connectivity index (χ1) is 9.08. The van der Waals surface area contributed by atoms with E-state index in [0.717, 1.165) is 16.5 Å². The summed E-state index contributed by atoms with van der Waals surface area (Å²) in [5, 5.41) is 5.21. The minimum absolute atomic E-state index is 0.273. The molecule has 1 aliphatic rings. The Morgan fingerprint density at radius 1 is 1.16 bits per heavy atom. The molecule has 0 bridgehead atoms. The third-order valence-electron chi connectivity index (χ3n) is 4.25. The Hall–Kier alpha value is -0.240. The predicted molar refractivity (Wildman–Crippen MR) is 84.0 cm³/mol. The van der Waals surface area contributed by atoms with Gasteiger partial charge in [0, 0.05) is 22.1 Å². The fraction of sp³-hybridized carbons (Fsp3) is 0.625. The molecule has 3 heteroatoms. The van der Waals surface area contributed by atoms with Crippen LogP contribution in [0.2, 0.25) is 10.0 Å². The van der Waals surface area contributed by atoms with Gasteiger partial charge < -0.3 is 5.32 Å². The fourth-order valence-corrected chi connectivity index (χ4v) is 3.58. The zero-order valence-electron chi connectivity index (χ0n) is 11.8. The molecule has 1 nitrogen and oxygen atoms in total. The van der Waals surface area contributed by atoms with Crippen LogP contribution < -0.4 is 5.32 Å². The van der Waals surface area contributed by atoms with Gasteiger partial charge >= 0.3 is 0 Å². The van der Waals surface area contributed by atoms with Crippen molar-refractivity contribution in [3.63, 3.8) is 0 Å². The van der Waals surface area contributed by atoms with Crippen molar-refractivity contribution < 1.29 is 0 Å². The number of hydrogen-bond acceptors (Lipinski definition) is 1. The average molecular weight is 300 g/mol. The van der Waals surface area contributed by atoms with Crippen LogP contribution >= 0.6 is 23.2 Å². The van der Waals surface area contributed by atoms with Crippen LogP contribution in [0.4, 0.5) is 0 Å². The molecule has 3 unspecified atom stereocenters. The van der Waals surface area contributed by atoms with Crippen LogP contribution in [0.15, 0.2) is 18.2 Å². The van der Waals surface area contributed by atoms with Crippen molar-refractivity contribution in [2.45, 2.75) is 58.0 Å². The molecular weight excluding hydrogens is 277 g/mol. The SMILES string of the molecule is CC(NC1CCCCCC1C)c1ccc(Cl)cc1Cl. The van der Waals surface area contributed by atoms with E-state index >= 15 is 0 Å².